The third-order valence-electron chi connectivity index (χ3n) is 0.900. The summed E-state index contributed by atoms with van der Waals surface area (Å²) in [6.07, 6.45) is 0.440. The first-order valence-corrected chi connectivity index (χ1v) is 2.65. The van der Waals surface area contributed by atoms with Crippen LogP contribution in [-0.4, -0.2) is 19.1 Å². The molecule has 0 aromatic heterocycles. The van der Waals surface area contributed by atoms with Gasteiger partial charge in [0, 0.05) is 6.04 Å². The summed E-state index contributed by atoms with van der Waals surface area (Å²) in [5, 5.41) is 5.15. The number of nitrogens with zero attached hydrogens (tertiary/aromatic N) is 2. The van der Waals surface area contributed by atoms with Gasteiger partial charge in [-0.15, -0.1) is 0 Å². The van der Waals surface area contributed by atoms with E-state index in [-0.39, 0.29) is 19.1 Å². The molecular formula is C4H9N3O2. The molecule has 9 heavy (non-hydrogen) atoms. The van der Waals surface area contributed by atoms with Gasteiger partial charge >= 0.3 is 0 Å². The van der Waals surface area contributed by atoms with Gasteiger partial charge in [-0.2, -0.15) is 9.81 Å². The maximum absolute atomic E-state index is 9.54. The summed E-state index contributed by atoms with van der Waals surface area (Å²) < 4.78 is 0. The molecule has 0 aromatic rings. The van der Waals surface area contributed by atoms with E-state index in [9.17, 15) is 9.81 Å². The van der Waals surface area contributed by atoms with E-state index in [1.165, 1.54) is 0 Å². The van der Waals surface area contributed by atoms with Gasteiger partial charge in [0.05, 0.1) is 13.1 Å². The Kier molecular flexibility index (Phi) is 4.81. The molecule has 0 aliphatic rings. The second-order valence-electron chi connectivity index (χ2n) is 1.71. The second kappa shape index (κ2) is 5.30. The molecule has 0 aromatic carbocycles. The van der Waals surface area contributed by atoms with Crippen LogP contribution < -0.4 is 5.73 Å². The van der Waals surface area contributed by atoms with E-state index in [1.807, 2.05) is 0 Å². The Balaban J connectivity index is 3.14. The summed E-state index contributed by atoms with van der Waals surface area (Å²) in [5.74, 6) is 0. The maximum Gasteiger partial charge on any atom is 0.0962 e. The fraction of sp³-hybridized carbons (Fsp3) is 1.00. The van der Waals surface area contributed by atoms with Crippen LogP contribution in [0.5, 0.6) is 0 Å². The Labute approximate surface area is 52.6 Å². The fourth-order valence-electron chi connectivity index (χ4n) is 0.406. The SMILES string of the molecule is N[C@H](CCN=O)CN=O. The molecule has 0 spiro atoms. The van der Waals surface area contributed by atoms with Gasteiger partial charge in [0.15, 0.2) is 0 Å². The van der Waals surface area contributed by atoms with Crippen molar-refractivity contribution in [2.24, 2.45) is 16.1 Å². The minimum absolute atomic E-state index is 0.0650. The predicted molar refractivity (Wildman–Crippen MR) is 33.9 cm³/mol. The smallest absolute Gasteiger partial charge is 0.0962 e. The number of nitrogens with two attached hydrogens (primary N) is 1. The van der Waals surface area contributed by atoms with Crippen LogP contribution in [0.3, 0.4) is 0 Å². The molecule has 5 nitrogen and oxygen atoms in total. The van der Waals surface area contributed by atoms with Gasteiger partial charge in [0.25, 0.3) is 0 Å². The Hall–Kier alpha value is -0.840. The fourth-order valence-corrected chi connectivity index (χ4v) is 0.406. The molecule has 0 aliphatic heterocycles. The van der Waals surface area contributed by atoms with E-state index in [0.717, 1.165) is 0 Å². The third kappa shape index (κ3) is 5.02. The lowest BCUT2D eigenvalue weighted by Crippen LogP contribution is -2.23. The summed E-state index contributed by atoms with van der Waals surface area (Å²) in [6.45, 7) is 0.228. The zero-order valence-corrected chi connectivity index (χ0v) is 4.99. The van der Waals surface area contributed by atoms with Gasteiger partial charge in [0.2, 0.25) is 0 Å². The van der Waals surface area contributed by atoms with Crippen LogP contribution >= 0.6 is 0 Å². The monoisotopic (exact) mass is 131 g/mol. The molecule has 0 saturated carbocycles. The predicted octanol–water partition coefficient (Wildman–Crippen LogP) is 0.237. The van der Waals surface area contributed by atoms with Crippen LogP contribution in [-0.2, 0) is 0 Å². The lowest BCUT2D eigenvalue weighted by atomic mass is 10.2. The molecule has 52 valence electrons. The molecule has 1 atom stereocenters. The molecule has 2 N–H and O–H groups in total. The van der Waals surface area contributed by atoms with Crippen molar-refractivity contribution in [2.75, 3.05) is 13.1 Å². The van der Waals surface area contributed by atoms with Gasteiger partial charge in [0.1, 0.15) is 0 Å². The van der Waals surface area contributed by atoms with Crippen LogP contribution in [0.4, 0.5) is 0 Å². The lowest BCUT2D eigenvalue weighted by molar-refractivity contribution is 0.630. The Morgan fingerprint density at radius 1 is 1.33 bits per heavy atom. The minimum Gasteiger partial charge on any atom is -0.326 e. The van der Waals surface area contributed by atoms with Crippen molar-refractivity contribution in [3.05, 3.63) is 9.81 Å². The lowest BCUT2D eigenvalue weighted by Gasteiger charge is -2.00. The van der Waals surface area contributed by atoms with Crippen LogP contribution in [0.25, 0.3) is 0 Å². The molecule has 0 saturated heterocycles. The van der Waals surface area contributed by atoms with Crippen molar-refractivity contribution in [1.82, 2.24) is 0 Å². The normalized spacial score (nSPS) is 12.6. The molecule has 0 amide bonds. The van der Waals surface area contributed by atoms with Gasteiger partial charge in [-0.25, -0.2) is 0 Å². The molecule has 5 heteroatoms. The highest BCUT2D eigenvalue weighted by molar-refractivity contribution is 4.64. The van der Waals surface area contributed by atoms with Gasteiger partial charge < -0.3 is 5.73 Å². The highest BCUT2D eigenvalue weighted by Crippen LogP contribution is 1.88. The van der Waals surface area contributed by atoms with E-state index in [1.54, 1.807) is 0 Å². The summed E-state index contributed by atoms with van der Waals surface area (Å²) in [6, 6.07) is -0.305. The average molecular weight is 131 g/mol. The standard InChI is InChI=1S/C4H9N3O2/c5-4(3-7-9)1-2-6-8/h4H,1-3,5H2/t4-/m1/s1. The van der Waals surface area contributed by atoms with Crippen LogP contribution in [0, 0.1) is 9.81 Å². The van der Waals surface area contributed by atoms with E-state index in [0.29, 0.717) is 6.42 Å². The number of hydrogen-bond donors (Lipinski definition) is 1. The molecule has 0 unspecified atom stereocenters. The van der Waals surface area contributed by atoms with E-state index >= 15 is 0 Å². The van der Waals surface area contributed by atoms with Crippen molar-refractivity contribution in [2.45, 2.75) is 12.5 Å². The van der Waals surface area contributed by atoms with Crippen molar-refractivity contribution in [1.29, 1.82) is 0 Å². The summed E-state index contributed by atoms with van der Waals surface area (Å²) >= 11 is 0. The average Bonchev–Trinajstić information content (AvgIpc) is 1.85. The maximum atomic E-state index is 9.54. The van der Waals surface area contributed by atoms with E-state index < -0.39 is 0 Å². The molecule has 0 heterocycles. The number of rotatable bonds is 5. The van der Waals surface area contributed by atoms with E-state index in [2.05, 4.69) is 10.4 Å². The first-order chi connectivity index (χ1) is 4.31. The molecule has 0 bridgehead atoms. The number of hydrogen-bond acceptors (Lipinski definition) is 5. The molecule has 0 radical (unpaired) electrons. The van der Waals surface area contributed by atoms with Crippen LogP contribution in [0.2, 0.25) is 0 Å². The summed E-state index contributed by atoms with van der Waals surface area (Å²) in [5.41, 5.74) is 5.28. The van der Waals surface area contributed by atoms with Gasteiger partial charge in [-0.05, 0) is 6.42 Å². The van der Waals surface area contributed by atoms with Gasteiger partial charge in [-0.1, -0.05) is 10.4 Å². The first kappa shape index (κ1) is 8.16. The second-order valence-corrected chi connectivity index (χ2v) is 1.71. The van der Waals surface area contributed by atoms with Crippen LogP contribution in [0.15, 0.2) is 10.4 Å². The number of nitroso groups, excluding NO2 is 2. The quantitative estimate of drug-likeness (QED) is 0.542. The van der Waals surface area contributed by atoms with E-state index in [4.69, 9.17) is 5.73 Å². The van der Waals surface area contributed by atoms with Crippen molar-refractivity contribution in [3.63, 3.8) is 0 Å². The molecule has 0 aliphatic carbocycles. The molecule has 0 rings (SSSR count). The highest BCUT2D eigenvalue weighted by atomic mass is 16.3. The van der Waals surface area contributed by atoms with Crippen LogP contribution in [0.1, 0.15) is 6.42 Å². The Morgan fingerprint density at radius 3 is 2.44 bits per heavy atom. The summed E-state index contributed by atoms with van der Waals surface area (Å²) in [4.78, 5) is 19.0. The first-order valence-electron chi connectivity index (χ1n) is 2.65. The molecule has 0 fully saturated rings. The third-order valence-corrected chi connectivity index (χ3v) is 0.900. The Bertz CT molecular complexity index is 95.8. The van der Waals surface area contributed by atoms with Crippen molar-refractivity contribution < 1.29 is 0 Å². The molecular weight excluding hydrogens is 122 g/mol. The largest absolute Gasteiger partial charge is 0.326 e. The zero-order chi connectivity index (χ0) is 7.11. The topological polar surface area (TPSA) is 84.9 Å². The summed E-state index contributed by atoms with van der Waals surface area (Å²) in [7, 11) is 0. The van der Waals surface area contributed by atoms with Crippen molar-refractivity contribution >= 4 is 0 Å². The highest BCUT2D eigenvalue weighted by Gasteiger charge is 1.99. The Morgan fingerprint density at radius 2 is 2.00 bits per heavy atom. The van der Waals surface area contributed by atoms with Crippen molar-refractivity contribution in [3.8, 4) is 0 Å². The minimum atomic E-state index is -0.305. The van der Waals surface area contributed by atoms with Gasteiger partial charge in [-0.3, -0.25) is 0 Å². The zero-order valence-electron chi connectivity index (χ0n) is 4.99.